The molecule has 0 fully saturated rings. The van der Waals surface area contributed by atoms with Gasteiger partial charge in [-0.05, 0) is 68.5 Å². The molecule has 0 unspecified atom stereocenters. The quantitative estimate of drug-likeness (QED) is 0.655. The average molecular weight is 398 g/mol. The number of hydrogen-bond donors (Lipinski definition) is 1. The number of nitrogens with one attached hydrogen (secondary N) is 1. The molecule has 0 saturated heterocycles. The standard InChI is InChI=1S/C22H20ClNO4/c1-12-6-7-14(10-18(12)23)24-20(25)11-27-19-9-8-16-15-4-3-5-17(15)22(26)28-21(16)13(19)2/h6-10H,3-5,11H2,1-2H3,(H,24,25). The number of hydrogen-bond acceptors (Lipinski definition) is 4. The summed E-state index contributed by atoms with van der Waals surface area (Å²) in [5.74, 6) is 0.223. The molecule has 6 heteroatoms. The number of rotatable bonds is 4. The first kappa shape index (κ1) is 18.6. The normalized spacial score (nSPS) is 12.8. The molecule has 4 rings (SSSR count). The van der Waals surface area contributed by atoms with Gasteiger partial charge in [0.2, 0.25) is 0 Å². The summed E-state index contributed by atoms with van der Waals surface area (Å²) in [6.45, 7) is 3.57. The van der Waals surface area contributed by atoms with Crippen molar-refractivity contribution < 1.29 is 13.9 Å². The number of carbonyl (C=O) groups excluding carboxylic acids is 1. The summed E-state index contributed by atoms with van der Waals surface area (Å²) in [6.07, 6.45) is 2.63. The van der Waals surface area contributed by atoms with Crippen LogP contribution in [0.25, 0.3) is 11.0 Å². The highest BCUT2D eigenvalue weighted by atomic mass is 35.5. The third kappa shape index (κ3) is 3.38. The van der Waals surface area contributed by atoms with E-state index >= 15 is 0 Å². The highest BCUT2D eigenvalue weighted by Crippen LogP contribution is 2.33. The molecule has 0 aliphatic heterocycles. The molecule has 3 aromatic rings. The third-order valence-electron chi connectivity index (χ3n) is 5.15. The third-order valence-corrected chi connectivity index (χ3v) is 5.56. The van der Waals surface area contributed by atoms with Crippen molar-refractivity contribution in [1.82, 2.24) is 0 Å². The molecule has 1 aliphatic carbocycles. The first-order chi connectivity index (χ1) is 13.4. The monoisotopic (exact) mass is 397 g/mol. The number of ether oxygens (including phenoxy) is 1. The van der Waals surface area contributed by atoms with Crippen LogP contribution in [0.5, 0.6) is 5.75 Å². The predicted molar refractivity (Wildman–Crippen MR) is 110 cm³/mol. The van der Waals surface area contributed by atoms with E-state index in [9.17, 15) is 9.59 Å². The van der Waals surface area contributed by atoms with Gasteiger partial charge in [0.15, 0.2) is 6.61 Å². The van der Waals surface area contributed by atoms with Gasteiger partial charge in [0.25, 0.3) is 5.91 Å². The lowest BCUT2D eigenvalue weighted by Gasteiger charge is -2.12. The summed E-state index contributed by atoms with van der Waals surface area (Å²) in [7, 11) is 0. The average Bonchev–Trinajstić information content (AvgIpc) is 3.16. The Labute approximate surface area is 167 Å². The molecule has 5 nitrogen and oxygen atoms in total. The molecule has 1 amide bonds. The number of aryl methyl sites for hydroxylation is 3. The molecule has 1 aliphatic rings. The van der Waals surface area contributed by atoms with Crippen LogP contribution >= 0.6 is 11.6 Å². The Bertz CT molecular complexity index is 1150. The van der Waals surface area contributed by atoms with Crippen LogP contribution in [0.3, 0.4) is 0 Å². The SMILES string of the molecule is Cc1ccc(NC(=O)COc2ccc3c4c(c(=O)oc3c2C)CCC4)cc1Cl. The van der Waals surface area contributed by atoms with Crippen molar-refractivity contribution in [2.75, 3.05) is 11.9 Å². The van der Waals surface area contributed by atoms with Gasteiger partial charge in [-0.1, -0.05) is 17.7 Å². The number of benzene rings is 2. The van der Waals surface area contributed by atoms with Crippen LogP contribution in [0.1, 0.15) is 28.7 Å². The fourth-order valence-corrected chi connectivity index (χ4v) is 3.81. The van der Waals surface area contributed by atoms with Crippen molar-refractivity contribution in [3.63, 3.8) is 0 Å². The van der Waals surface area contributed by atoms with Crippen molar-refractivity contribution in [1.29, 1.82) is 0 Å². The molecule has 0 saturated carbocycles. The van der Waals surface area contributed by atoms with Crippen LogP contribution < -0.4 is 15.7 Å². The molecule has 0 bridgehead atoms. The molecule has 1 N–H and O–H groups in total. The van der Waals surface area contributed by atoms with Crippen LogP contribution in [0.4, 0.5) is 5.69 Å². The summed E-state index contributed by atoms with van der Waals surface area (Å²) in [5.41, 5.74) is 4.40. The van der Waals surface area contributed by atoms with E-state index in [0.717, 1.165) is 46.9 Å². The molecular formula is C22H20ClNO4. The zero-order chi connectivity index (χ0) is 19.8. The van der Waals surface area contributed by atoms with Gasteiger partial charge in [0.1, 0.15) is 11.3 Å². The van der Waals surface area contributed by atoms with E-state index in [4.69, 9.17) is 20.8 Å². The fraction of sp³-hybridized carbons (Fsp3) is 0.273. The highest BCUT2D eigenvalue weighted by molar-refractivity contribution is 6.31. The van der Waals surface area contributed by atoms with Gasteiger partial charge in [-0.2, -0.15) is 0 Å². The first-order valence-electron chi connectivity index (χ1n) is 9.21. The van der Waals surface area contributed by atoms with Gasteiger partial charge in [-0.15, -0.1) is 0 Å². The highest BCUT2D eigenvalue weighted by Gasteiger charge is 2.21. The van der Waals surface area contributed by atoms with Gasteiger partial charge in [0, 0.05) is 27.2 Å². The largest absolute Gasteiger partial charge is 0.483 e. The van der Waals surface area contributed by atoms with Crippen LogP contribution in [-0.4, -0.2) is 12.5 Å². The van der Waals surface area contributed by atoms with Crippen LogP contribution in [0.15, 0.2) is 39.5 Å². The zero-order valence-electron chi connectivity index (χ0n) is 15.7. The molecule has 28 heavy (non-hydrogen) atoms. The molecule has 1 heterocycles. The van der Waals surface area contributed by atoms with Gasteiger partial charge >= 0.3 is 5.63 Å². The molecule has 1 aromatic heterocycles. The summed E-state index contributed by atoms with van der Waals surface area (Å²) in [5, 5.41) is 4.30. The fourth-order valence-electron chi connectivity index (χ4n) is 3.63. The summed E-state index contributed by atoms with van der Waals surface area (Å²) < 4.78 is 11.2. The minimum atomic E-state index is -0.296. The van der Waals surface area contributed by atoms with E-state index in [0.29, 0.717) is 22.0 Å². The lowest BCUT2D eigenvalue weighted by molar-refractivity contribution is -0.118. The summed E-state index contributed by atoms with van der Waals surface area (Å²) >= 11 is 6.08. The van der Waals surface area contributed by atoms with E-state index in [-0.39, 0.29) is 18.1 Å². The molecule has 0 atom stereocenters. The van der Waals surface area contributed by atoms with Gasteiger partial charge in [0.05, 0.1) is 0 Å². The molecule has 144 valence electrons. The topological polar surface area (TPSA) is 68.5 Å². The second-order valence-electron chi connectivity index (χ2n) is 7.07. The van der Waals surface area contributed by atoms with Crippen molar-refractivity contribution in [2.45, 2.75) is 33.1 Å². The Morgan fingerprint density at radius 3 is 2.75 bits per heavy atom. The van der Waals surface area contributed by atoms with Crippen LogP contribution in [0, 0.1) is 13.8 Å². The van der Waals surface area contributed by atoms with Crippen LogP contribution in [0.2, 0.25) is 5.02 Å². The molecule has 0 radical (unpaired) electrons. The lowest BCUT2D eigenvalue weighted by atomic mass is 10.0. The van der Waals surface area contributed by atoms with Crippen molar-refractivity contribution in [3.05, 3.63) is 68.0 Å². The Balaban J connectivity index is 1.53. The van der Waals surface area contributed by atoms with E-state index in [1.807, 2.05) is 32.0 Å². The number of amides is 1. The van der Waals surface area contributed by atoms with E-state index in [1.54, 1.807) is 12.1 Å². The maximum Gasteiger partial charge on any atom is 0.339 e. The smallest absolute Gasteiger partial charge is 0.339 e. The number of anilines is 1. The Morgan fingerprint density at radius 2 is 1.96 bits per heavy atom. The minimum absolute atomic E-state index is 0.160. The second kappa shape index (κ2) is 7.32. The van der Waals surface area contributed by atoms with Crippen LogP contribution in [-0.2, 0) is 17.6 Å². The molecule has 0 spiro atoms. The summed E-state index contributed by atoms with van der Waals surface area (Å²) in [6, 6.07) is 9.06. The molecule has 2 aromatic carbocycles. The Morgan fingerprint density at radius 1 is 1.18 bits per heavy atom. The van der Waals surface area contributed by atoms with E-state index in [1.165, 1.54) is 0 Å². The predicted octanol–water partition coefficient (Wildman–Crippen LogP) is 4.57. The van der Waals surface area contributed by atoms with Crippen molar-refractivity contribution in [3.8, 4) is 5.75 Å². The maximum atomic E-state index is 12.2. The lowest BCUT2D eigenvalue weighted by Crippen LogP contribution is -2.20. The number of carbonyl (C=O) groups is 1. The maximum absolute atomic E-state index is 12.2. The van der Waals surface area contributed by atoms with Gasteiger partial charge in [-0.25, -0.2) is 4.79 Å². The Hall–Kier alpha value is -2.79. The van der Waals surface area contributed by atoms with Crippen molar-refractivity contribution >= 4 is 34.2 Å². The number of fused-ring (bicyclic) bond motifs is 3. The first-order valence-corrected chi connectivity index (χ1v) is 9.59. The van der Waals surface area contributed by atoms with Crippen molar-refractivity contribution in [2.24, 2.45) is 0 Å². The molecular weight excluding hydrogens is 378 g/mol. The zero-order valence-corrected chi connectivity index (χ0v) is 16.5. The van der Waals surface area contributed by atoms with E-state index < -0.39 is 0 Å². The van der Waals surface area contributed by atoms with Gasteiger partial charge in [-0.3, -0.25) is 4.79 Å². The minimum Gasteiger partial charge on any atom is -0.483 e. The number of halogens is 1. The summed E-state index contributed by atoms with van der Waals surface area (Å²) in [4.78, 5) is 24.4. The Kier molecular flexibility index (Phi) is 4.85. The second-order valence-corrected chi connectivity index (χ2v) is 7.47. The van der Waals surface area contributed by atoms with Gasteiger partial charge < -0.3 is 14.5 Å². The van der Waals surface area contributed by atoms with E-state index in [2.05, 4.69) is 5.32 Å².